The van der Waals surface area contributed by atoms with Crippen molar-refractivity contribution in [1.82, 2.24) is 9.88 Å². The summed E-state index contributed by atoms with van der Waals surface area (Å²) < 4.78 is 1.65. The molecule has 1 heterocycles. The number of halogens is 1. The first-order valence-corrected chi connectivity index (χ1v) is 5.56. The number of aryl methyl sites for hydroxylation is 1. The Balaban J connectivity index is 2.63. The first-order valence-electron chi connectivity index (χ1n) is 5.18. The van der Waals surface area contributed by atoms with Crippen LogP contribution in [0.2, 0.25) is 5.02 Å². The van der Waals surface area contributed by atoms with Crippen molar-refractivity contribution in [3.63, 3.8) is 0 Å². The van der Waals surface area contributed by atoms with E-state index in [9.17, 15) is 9.90 Å². The van der Waals surface area contributed by atoms with E-state index in [-0.39, 0.29) is 12.5 Å². The van der Waals surface area contributed by atoms with E-state index in [0.717, 1.165) is 0 Å². The highest BCUT2D eigenvalue weighted by atomic mass is 35.5. The maximum atomic E-state index is 11.7. The van der Waals surface area contributed by atoms with E-state index < -0.39 is 5.60 Å². The molecular weight excluding hydrogens is 228 g/mol. The number of carbonyl (C=O) groups excluding carboxylic acids is 1. The predicted octanol–water partition coefficient (Wildman–Crippen LogP) is 1.57. The second-order valence-electron chi connectivity index (χ2n) is 4.19. The van der Waals surface area contributed by atoms with Crippen LogP contribution in [-0.4, -0.2) is 27.7 Å². The van der Waals surface area contributed by atoms with Crippen LogP contribution >= 0.6 is 11.6 Å². The average molecular weight is 245 g/mol. The molecular formula is C11H17ClN2O2. The van der Waals surface area contributed by atoms with Crippen LogP contribution < -0.4 is 5.32 Å². The Bertz CT molecular complexity index is 385. The van der Waals surface area contributed by atoms with Crippen molar-refractivity contribution in [3.05, 3.63) is 23.0 Å². The van der Waals surface area contributed by atoms with E-state index in [2.05, 4.69) is 5.32 Å². The minimum Gasteiger partial charge on any atom is -0.388 e. The molecule has 1 rings (SSSR count). The third kappa shape index (κ3) is 3.25. The van der Waals surface area contributed by atoms with Crippen molar-refractivity contribution in [2.24, 2.45) is 7.05 Å². The monoisotopic (exact) mass is 244 g/mol. The number of hydrogen-bond donors (Lipinski definition) is 2. The summed E-state index contributed by atoms with van der Waals surface area (Å²) in [5.74, 6) is -0.233. The summed E-state index contributed by atoms with van der Waals surface area (Å²) in [7, 11) is 1.75. The van der Waals surface area contributed by atoms with Gasteiger partial charge in [-0.15, -0.1) is 0 Å². The average Bonchev–Trinajstić information content (AvgIpc) is 2.54. The fraction of sp³-hybridized carbons (Fsp3) is 0.545. The second kappa shape index (κ2) is 4.89. The van der Waals surface area contributed by atoms with Gasteiger partial charge in [0.2, 0.25) is 0 Å². The summed E-state index contributed by atoms with van der Waals surface area (Å²) in [6, 6.07) is 1.59. The molecule has 90 valence electrons. The molecule has 1 aromatic heterocycles. The quantitative estimate of drug-likeness (QED) is 0.845. The lowest BCUT2D eigenvalue weighted by molar-refractivity contribution is 0.0516. The molecule has 0 aliphatic rings. The maximum absolute atomic E-state index is 11.7. The molecule has 1 unspecified atom stereocenters. The Labute approximate surface area is 100 Å². The lowest BCUT2D eigenvalue weighted by atomic mass is 10.0. The van der Waals surface area contributed by atoms with Gasteiger partial charge in [-0.2, -0.15) is 0 Å². The lowest BCUT2D eigenvalue weighted by Gasteiger charge is -2.21. The smallest absolute Gasteiger partial charge is 0.268 e. The number of hydrogen-bond acceptors (Lipinski definition) is 2. The molecule has 0 aliphatic heterocycles. The van der Waals surface area contributed by atoms with Crippen LogP contribution in [0.4, 0.5) is 0 Å². The zero-order chi connectivity index (χ0) is 12.3. The SMILES string of the molecule is CCC(C)(O)CNC(=O)c1cc(Cl)cn1C. The van der Waals surface area contributed by atoms with Crippen LogP contribution in [0.15, 0.2) is 12.3 Å². The van der Waals surface area contributed by atoms with Crippen LogP contribution in [0.25, 0.3) is 0 Å². The molecule has 0 fully saturated rings. The van der Waals surface area contributed by atoms with Gasteiger partial charge in [0.15, 0.2) is 0 Å². The molecule has 0 radical (unpaired) electrons. The number of amides is 1. The van der Waals surface area contributed by atoms with E-state index in [1.165, 1.54) is 0 Å². The number of rotatable bonds is 4. The fourth-order valence-electron chi connectivity index (χ4n) is 1.24. The highest BCUT2D eigenvalue weighted by molar-refractivity contribution is 6.31. The Morgan fingerprint density at radius 1 is 1.69 bits per heavy atom. The Hall–Kier alpha value is -1.00. The normalized spacial score (nSPS) is 14.6. The van der Waals surface area contributed by atoms with Crippen molar-refractivity contribution in [3.8, 4) is 0 Å². The van der Waals surface area contributed by atoms with Crippen molar-refractivity contribution >= 4 is 17.5 Å². The van der Waals surface area contributed by atoms with Crippen molar-refractivity contribution < 1.29 is 9.90 Å². The van der Waals surface area contributed by atoms with E-state index in [0.29, 0.717) is 17.1 Å². The predicted molar refractivity (Wildman–Crippen MR) is 63.7 cm³/mol. The number of nitrogens with one attached hydrogen (secondary N) is 1. The van der Waals surface area contributed by atoms with Gasteiger partial charge in [-0.25, -0.2) is 0 Å². The highest BCUT2D eigenvalue weighted by Crippen LogP contribution is 2.13. The van der Waals surface area contributed by atoms with Gasteiger partial charge >= 0.3 is 0 Å². The highest BCUT2D eigenvalue weighted by Gasteiger charge is 2.19. The molecule has 0 saturated heterocycles. The number of aliphatic hydroxyl groups is 1. The molecule has 0 bridgehead atoms. The molecule has 1 atom stereocenters. The Morgan fingerprint density at radius 3 is 2.75 bits per heavy atom. The molecule has 0 aromatic carbocycles. The standard InChI is InChI=1S/C11H17ClN2O2/c1-4-11(2,16)7-13-10(15)9-5-8(12)6-14(9)3/h5-6,16H,4,7H2,1-3H3,(H,13,15). The zero-order valence-electron chi connectivity index (χ0n) is 9.75. The van der Waals surface area contributed by atoms with E-state index in [1.54, 1.807) is 30.8 Å². The number of nitrogens with zero attached hydrogens (tertiary/aromatic N) is 1. The molecule has 4 nitrogen and oxygen atoms in total. The van der Waals surface area contributed by atoms with Crippen molar-refractivity contribution in [2.45, 2.75) is 25.9 Å². The van der Waals surface area contributed by atoms with Gasteiger partial charge < -0.3 is 15.0 Å². The van der Waals surface area contributed by atoms with Crippen molar-refractivity contribution in [1.29, 1.82) is 0 Å². The van der Waals surface area contributed by atoms with Gasteiger partial charge in [0.1, 0.15) is 5.69 Å². The number of carbonyl (C=O) groups is 1. The molecule has 0 spiro atoms. The lowest BCUT2D eigenvalue weighted by Crippen LogP contribution is -2.40. The second-order valence-corrected chi connectivity index (χ2v) is 4.62. The van der Waals surface area contributed by atoms with Gasteiger partial charge in [0, 0.05) is 19.8 Å². The molecule has 1 amide bonds. The van der Waals surface area contributed by atoms with E-state index in [4.69, 9.17) is 11.6 Å². The van der Waals surface area contributed by atoms with Crippen LogP contribution in [-0.2, 0) is 7.05 Å². The fourth-order valence-corrected chi connectivity index (χ4v) is 1.49. The summed E-state index contributed by atoms with van der Waals surface area (Å²) in [6.45, 7) is 3.78. The van der Waals surface area contributed by atoms with Crippen LogP contribution in [0.3, 0.4) is 0 Å². The van der Waals surface area contributed by atoms with Crippen LogP contribution in [0, 0.1) is 0 Å². The van der Waals surface area contributed by atoms with Gasteiger partial charge in [-0.3, -0.25) is 4.79 Å². The van der Waals surface area contributed by atoms with Gasteiger partial charge in [-0.05, 0) is 19.4 Å². The van der Waals surface area contributed by atoms with Gasteiger partial charge in [-0.1, -0.05) is 18.5 Å². The van der Waals surface area contributed by atoms with Crippen molar-refractivity contribution in [2.75, 3.05) is 6.54 Å². The first-order chi connectivity index (χ1) is 7.35. The summed E-state index contributed by atoms with van der Waals surface area (Å²) in [6.07, 6.45) is 2.25. The third-order valence-corrected chi connectivity index (χ3v) is 2.80. The molecule has 0 aliphatic carbocycles. The summed E-state index contributed by atoms with van der Waals surface area (Å²) in [5, 5.41) is 12.9. The molecule has 5 heteroatoms. The van der Waals surface area contributed by atoms with Crippen LogP contribution in [0.5, 0.6) is 0 Å². The van der Waals surface area contributed by atoms with E-state index in [1.807, 2.05) is 6.92 Å². The first kappa shape index (κ1) is 13.1. The molecule has 1 aromatic rings. The Morgan fingerprint density at radius 2 is 2.31 bits per heavy atom. The summed E-state index contributed by atoms with van der Waals surface area (Å²) >= 11 is 5.78. The minimum absolute atomic E-state index is 0.227. The van der Waals surface area contributed by atoms with Crippen LogP contribution in [0.1, 0.15) is 30.8 Å². The minimum atomic E-state index is -0.870. The van der Waals surface area contributed by atoms with E-state index >= 15 is 0 Å². The summed E-state index contributed by atoms with van der Waals surface area (Å²) in [4.78, 5) is 11.7. The third-order valence-electron chi connectivity index (χ3n) is 2.60. The largest absolute Gasteiger partial charge is 0.388 e. The molecule has 0 saturated carbocycles. The molecule has 2 N–H and O–H groups in total. The maximum Gasteiger partial charge on any atom is 0.268 e. The molecule has 16 heavy (non-hydrogen) atoms. The summed E-state index contributed by atoms with van der Waals surface area (Å²) in [5.41, 5.74) is -0.387. The van der Waals surface area contributed by atoms with Gasteiger partial charge in [0.25, 0.3) is 5.91 Å². The number of aromatic nitrogens is 1. The van der Waals surface area contributed by atoms with Gasteiger partial charge in [0.05, 0.1) is 10.6 Å². The topological polar surface area (TPSA) is 54.3 Å². The Kier molecular flexibility index (Phi) is 3.99. The zero-order valence-corrected chi connectivity index (χ0v) is 10.5.